The molecule has 0 saturated heterocycles. The summed E-state index contributed by atoms with van der Waals surface area (Å²) in [6.45, 7) is 7.05. The Bertz CT molecular complexity index is 205. The van der Waals surface area contributed by atoms with E-state index in [-0.39, 0.29) is 0 Å². The predicted molar refractivity (Wildman–Crippen MR) is 53.0 cm³/mol. The van der Waals surface area contributed by atoms with Crippen LogP contribution in [0.3, 0.4) is 0 Å². The largest absolute Gasteiger partial charge is 0.0808 e. The Morgan fingerprint density at radius 2 is 1.83 bits per heavy atom. The van der Waals surface area contributed by atoms with Gasteiger partial charge in [-0.1, -0.05) is 45.3 Å². The molecule has 0 aromatic rings. The molecule has 0 N–H and O–H groups in total. The van der Waals surface area contributed by atoms with Crippen molar-refractivity contribution in [3.63, 3.8) is 0 Å². The quantitative estimate of drug-likeness (QED) is 0.478. The number of hydrogen-bond donors (Lipinski definition) is 0. The topological polar surface area (TPSA) is 0 Å². The summed E-state index contributed by atoms with van der Waals surface area (Å²) in [5, 5.41) is 0. The molecule has 0 nitrogen and oxygen atoms in total. The van der Waals surface area contributed by atoms with Gasteiger partial charge in [-0.3, -0.25) is 0 Å². The summed E-state index contributed by atoms with van der Waals surface area (Å²) in [6, 6.07) is 0. The number of fused-ring (bicyclic) bond motifs is 1. The van der Waals surface area contributed by atoms with Gasteiger partial charge in [-0.05, 0) is 30.1 Å². The van der Waals surface area contributed by atoms with Gasteiger partial charge in [-0.15, -0.1) is 0 Å². The highest BCUT2D eigenvalue weighted by Gasteiger charge is 2.38. The van der Waals surface area contributed by atoms with Crippen LogP contribution in [0.15, 0.2) is 11.6 Å². The Hall–Kier alpha value is -0.260. The van der Waals surface area contributed by atoms with Crippen LogP contribution in [0.5, 0.6) is 0 Å². The SMILES string of the molecule is CC(C)(C)C1=CC2CCCCC12. The van der Waals surface area contributed by atoms with Crippen molar-refractivity contribution in [2.24, 2.45) is 17.3 Å². The fourth-order valence-corrected chi connectivity index (χ4v) is 2.79. The lowest BCUT2D eigenvalue weighted by Crippen LogP contribution is -2.34. The Kier molecular flexibility index (Phi) is 1.82. The molecule has 12 heavy (non-hydrogen) atoms. The van der Waals surface area contributed by atoms with Crippen LogP contribution < -0.4 is 0 Å². The zero-order valence-corrected chi connectivity index (χ0v) is 8.56. The fraction of sp³-hybridized carbons (Fsp3) is 0.833. The third-order valence-corrected chi connectivity index (χ3v) is 3.48. The average molecular weight is 164 g/mol. The molecule has 2 unspecified atom stereocenters. The van der Waals surface area contributed by atoms with Crippen LogP contribution in [0.2, 0.25) is 0 Å². The van der Waals surface area contributed by atoms with Crippen molar-refractivity contribution < 1.29 is 0 Å². The van der Waals surface area contributed by atoms with Crippen molar-refractivity contribution in [2.45, 2.75) is 46.5 Å². The molecule has 0 aromatic heterocycles. The molecule has 1 fully saturated rings. The van der Waals surface area contributed by atoms with Crippen LogP contribution in [0.1, 0.15) is 46.5 Å². The lowest BCUT2D eigenvalue weighted by Gasteiger charge is -2.45. The van der Waals surface area contributed by atoms with E-state index < -0.39 is 0 Å². The number of hydrogen-bond acceptors (Lipinski definition) is 0. The standard InChI is InChI=1S/C12H20/c1-12(2,3)11-8-9-6-4-5-7-10(9)11/h8-10H,4-7H2,1-3H3. The molecule has 0 heterocycles. The Labute approximate surface area is 76.1 Å². The molecule has 1 saturated carbocycles. The second-order valence-corrected chi connectivity index (χ2v) is 5.43. The molecule has 0 heteroatoms. The molecule has 2 aliphatic carbocycles. The third kappa shape index (κ3) is 1.22. The van der Waals surface area contributed by atoms with Crippen molar-refractivity contribution in [3.05, 3.63) is 11.6 Å². The maximum atomic E-state index is 2.55. The zero-order chi connectivity index (χ0) is 8.77. The van der Waals surface area contributed by atoms with E-state index in [0.717, 1.165) is 11.8 Å². The molecule has 0 aromatic carbocycles. The lowest BCUT2D eigenvalue weighted by atomic mass is 9.60. The van der Waals surface area contributed by atoms with E-state index in [0.29, 0.717) is 5.41 Å². The Balaban J connectivity index is 2.11. The van der Waals surface area contributed by atoms with Gasteiger partial charge < -0.3 is 0 Å². The third-order valence-electron chi connectivity index (χ3n) is 3.48. The van der Waals surface area contributed by atoms with Crippen molar-refractivity contribution >= 4 is 0 Å². The van der Waals surface area contributed by atoms with Gasteiger partial charge in [0.2, 0.25) is 0 Å². The van der Waals surface area contributed by atoms with Crippen LogP contribution in [-0.4, -0.2) is 0 Å². The molecule has 2 atom stereocenters. The Morgan fingerprint density at radius 1 is 1.17 bits per heavy atom. The highest BCUT2D eigenvalue weighted by molar-refractivity contribution is 5.28. The van der Waals surface area contributed by atoms with Gasteiger partial charge in [0.25, 0.3) is 0 Å². The molecule has 0 bridgehead atoms. The average Bonchev–Trinajstić information content (AvgIpc) is 1.88. The van der Waals surface area contributed by atoms with Gasteiger partial charge in [0.1, 0.15) is 0 Å². The second-order valence-electron chi connectivity index (χ2n) is 5.43. The molecule has 68 valence electrons. The van der Waals surface area contributed by atoms with Crippen LogP contribution in [0.25, 0.3) is 0 Å². The minimum atomic E-state index is 0.443. The van der Waals surface area contributed by atoms with E-state index in [4.69, 9.17) is 0 Å². The molecule has 0 radical (unpaired) electrons. The first-order valence-corrected chi connectivity index (χ1v) is 5.31. The van der Waals surface area contributed by atoms with Crippen molar-refractivity contribution in [2.75, 3.05) is 0 Å². The van der Waals surface area contributed by atoms with Gasteiger partial charge in [-0.2, -0.15) is 0 Å². The van der Waals surface area contributed by atoms with E-state index in [2.05, 4.69) is 26.8 Å². The summed E-state index contributed by atoms with van der Waals surface area (Å²) in [5.74, 6) is 1.94. The first-order valence-electron chi connectivity index (χ1n) is 5.31. The first-order chi connectivity index (χ1) is 5.59. The maximum absolute atomic E-state index is 2.55. The van der Waals surface area contributed by atoms with Crippen molar-refractivity contribution in [3.8, 4) is 0 Å². The Morgan fingerprint density at radius 3 is 2.42 bits per heavy atom. The summed E-state index contributed by atoms with van der Waals surface area (Å²) in [7, 11) is 0. The molecule has 2 rings (SSSR count). The van der Waals surface area contributed by atoms with Crippen molar-refractivity contribution in [1.29, 1.82) is 0 Å². The highest BCUT2D eigenvalue weighted by Crippen LogP contribution is 2.50. The minimum Gasteiger partial charge on any atom is -0.0808 e. The molecule has 0 aliphatic heterocycles. The summed E-state index contributed by atoms with van der Waals surface area (Å²) in [5.41, 5.74) is 2.19. The van der Waals surface area contributed by atoms with E-state index in [1.54, 1.807) is 5.57 Å². The minimum absolute atomic E-state index is 0.443. The highest BCUT2D eigenvalue weighted by atomic mass is 14.4. The second kappa shape index (κ2) is 2.61. The van der Waals surface area contributed by atoms with Gasteiger partial charge in [0.05, 0.1) is 0 Å². The van der Waals surface area contributed by atoms with Gasteiger partial charge >= 0.3 is 0 Å². The summed E-state index contributed by atoms with van der Waals surface area (Å²) >= 11 is 0. The zero-order valence-electron chi connectivity index (χ0n) is 8.56. The van der Waals surface area contributed by atoms with E-state index in [9.17, 15) is 0 Å². The summed E-state index contributed by atoms with van der Waals surface area (Å²) in [6.07, 6.45) is 8.41. The summed E-state index contributed by atoms with van der Waals surface area (Å²) < 4.78 is 0. The van der Waals surface area contributed by atoms with Crippen LogP contribution in [0, 0.1) is 17.3 Å². The van der Waals surface area contributed by atoms with E-state index >= 15 is 0 Å². The van der Waals surface area contributed by atoms with Gasteiger partial charge in [0.15, 0.2) is 0 Å². The smallest absolute Gasteiger partial charge is 0.0135 e. The monoisotopic (exact) mass is 164 g/mol. The molecule has 2 aliphatic rings. The van der Waals surface area contributed by atoms with Gasteiger partial charge in [-0.25, -0.2) is 0 Å². The predicted octanol–water partition coefficient (Wildman–Crippen LogP) is 3.78. The number of allylic oxidation sites excluding steroid dienone is 2. The van der Waals surface area contributed by atoms with Crippen LogP contribution >= 0.6 is 0 Å². The lowest BCUT2D eigenvalue weighted by molar-refractivity contribution is 0.234. The summed E-state index contributed by atoms with van der Waals surface area (Å²) in [4.78, 5) is 0. The molecule has 0 spiro atoms. The maximum Gasteiger partial charge on any atom is -0.0135 e. The first kappa shape index (κ1) is 8.34. The van der Waals surface area contributed by atoms with Crippen LogP contribution in [0.4, 0.5) is 0 Å². The van der Waals surface area contributed by atoms with E-state index in [1.165, 1.54) is 25.7 Å². The molecule has 0 amide bonds. The normalized spacial score (nSPS) is 35.1. The van der Waals surface area contributed by atoms with Crippen LogP contribution in [-0.2, 0) is 0 Å². The number of rotatable bonds is 0. The van der Waals surface area contributed by atoms with Crippen molar-refractivity contribution in [1.82, 2.24) is 0 Å². The van der Waals surface area contributed by atoms with E-state index in [1.807, 2.05) is 0 Å². The molecular formula is C12H20. The molecular weight excluding hydrogens is 144 g/mol. The van der Waals surface area contributed by atoms with Gasteiger partial charge in [0, 0.05) is 0 Å². The fourth-order valence-electron chi connectivity index (χ4n) is 2.79.